The van der Waals surface area contributed by atoms with E-state index in [0.29, 0.717) is 21.2 Å². The van der Waals surface area contributed by atoms with E-state index in [9.17, 15) is 16.8 Å². The lowest BCUT2D eigenvalue weighted by Crippen LogP contribution is -2.55. The Morgan fingerprint density at radius 2 is 1.31 bits per heavy atom. The molecule has 10 heteroatoms. The Kier molecular flexibility index (Phi) is 6.34. The maximum Gasteiger partial charge on any atom is 0.243 e. The number of hydrogen-bond acceptors (Lipinski definition) is 4. The van der Waals surface area contributed by atoms with Crippen molar-refractivity contribution in [1.29, 1.82) is 0 Å². The maximum atomic E-state index is 13.2. The third kappa shape index (κ3) is 4.33. The molecule has 2 aromatic carbocycles. The van der Waals surface area contributed by atoms with Crippen LogP contribution in [0.1, 0.15) is 18.1 Å². The van der Waals surface area contributed by atoms with Gasteiger partial charge >= 0.3 is 0 Å². The zero-order valence-corrected chi connectivity index (χ0v) is 19.4. The first-order chi connectivity index (χ1) is 13.4. The SMILES string of the molecule is Cc1ccc(Cl)cc1S(=O)(=O)N1CCN(S(=O)(=O)c2cc(Cl)ccc2C)[C@H](C)C1. The monoisotopic (exact) mass is 476 g/mol. The minimum absolute atomic E-state index is 0.0487. The smallest absolute Gasteiger partial charge is 0.207 e. The van der Waals surface area contributed by atoms with Crippen LogP contribution >= 0.6 is 23.2 Å². The van der Waals surface area contributed by atoms with Crippen molar-refractivity contribution in [2.45, 2.75) is 36.6 Å². The molecule has 0 aliphatic carbocycles. The van der Waals surface area contributed by atoms with Gasteiger partial charge in [-0.15, -0.1) is 0 Å². The summed E-state index contributed by atoms with van der Waals surface area (Å²) in [4.78, 5) is 0.276. The number of halogens is 2. The van der Waals surface area contributed by atoms with Gasteiger partial charge in [0.2, 0.25) is 20.0 Å². The number of sulfonamides is 2. The molecule has 3 rings (SSSR count). The molecule has 0 bridgehead atoms. The van der Waals surface area contributed by atoms with Crippen LogP contribution in [-0.2, 0) is 20.0 Å². The minimum Gasteiger partial charge on any atom is -0.207 e. The summed E-state index contributed by atoms with van der Waals surface area (Å²) in [6.45, 7) is 5.26. The van der Waals surface area contributed by atoms with E-state index in [1.54, 1.807) is 45.0 Å². The molecule has 2 aromatic rings. The number of aryl methyl sites for hydroxylation is 2. The third-order valence-electron chi connectivity index (χ3n) is 5.03. The summed E-state index contributed by atoms with van der Waals surface area (Å²) in [7, 11) is -7.60. The molecule has 1 atom stereocenters. The second-order valence-electron chi connectivity index (χ2n) is 7.15. The fraction of sp³-hybridized carbons (Fsp3) is 0.368. The highest BCUT2D eigenvalue weighted by molar-refractivity contribution is 7.89. The average molecular weight is 477 g/mol. The van der Waals surface area contributed by atoms with E-state index >= 15 is 0 Å². The van der Waals surface area contributed by atoms with E-state index in [-0.39, 0.29) is 29.4 Å². The van der Waals surface area contributed by atoms with Crippen LogP contribution in [0.5, 0.6) is 0 Å². The van der Waals surface area contributed by atoms with E-state index < -0.39 is 26.1 Å². The van der Waals surface area contributed by atoms with Gasteiger partial charge in [0.25, 0.3) is 0 Å². The normalized spacial score (nSPS) is 19.4. The van der Waals surface area contributed by atoms with Crippen LogP contribution in [0.25, 0.3) is 0 Å². The molecule has 1 saturated heterocycles. The standard InChI is InChI=1S/C19H22Cl2N2O4S2/c1-13-4-6-16(20)10-18(13)28(24,25)22-8-9-23(15(3)12-22)29(26,27)19-11-17(21)7-5-14(19)2/h4-7,10-11,15H,8-9,12H2,1-3H3/t15-/m1/s1. The molecule has 6 nitrogen and oxygen atoms in total. The Morgan fingerprint density at radius 3 is 1.79 bits per heavy atom. The van der Waals surface area contributed by atoms with Crippen LogP contribution < -0.4 is 0 Å². The van der Waals surface area contributed by atoms with Crippen molar-refractivity contribution in [1.82, 2.24) is 8.61 Å². The van der Waals surface area contributed by atoms with Crippen molar-refractivity contribution in [3.63, 3.8) is 0 Å². The van der Waals surface area contributed by atoms with Crippen molar-refractivity contribution in [3.8, 4) is 0 Å². The van der Waals surface area contributed by atoms with Gasteiger partial charge in [-0.05, 0) is 56.2 Å². The maximum absolute atomic E-state index is 13.2. The van der Waals surface area contributed by atoms with E-state index in [1.807, 2.05) is 0 Å². The van der Waals surface area contributed by atoms with Crippen molar-refractivity contribution in [2.75, 3.05) is 19.6 Å². The molecule has 1 fully saturated rings. The highest BCUT2D eigenvalue weighted by Crippen LogP contribution is 2.29. The zero-order valence-electron chi connectivity index (χ0n) is 16.3. The summed E-state index contributed by atoms with van der Waals surface area (Å²) < 4.78 is 55.2. The molecule has 0 amide bonds. The Bertz CT molecular complexity index is 1150. The van der Waals surface area contributed by atoms with E-state index in [4.69, 9.17) is 23.2 Å². The quantitative estimate of drug-likeness (QED) is 0.673. The number of benzene rings is 2. The van der Waals surface area contributed by atoms with Crippen LogP contribution in [0.2, 0.25) is 10.0 Å². The Hall–Kier alpha value is -1.16. The average Bonchev–Trinajstić information content (AvgIpc) is 2.65. The van der Waals surface area contributed by atoms with Gasteiger partial charge < -0.3 is 0 Å². The summed E-state index contributed by atoms with van der Waals surface area (Å²) in [5.74, 6) is 0. The minimum atomic E-state index is -3.81. The van der Waals surface area contributed by atoms with Gasteiger partial charge in [0.1, 0.15) is 0 Å². The molecule has 0 aromatic heterocycles. The van der Waals surface area contributed by atoms with Gasteiger partial charge in [-0.2, -0.15) is 8.61 Å². The number of hydrogen-bond donors (Lipinski definition) is 0. The van der Waals surface area contributed by atoms with E-state index in [0.717, 1.165) is 0 Å². The van der Waals surface area contributed by atoms with Gasteiger partial charge in [-0.25, -0.2) is 16.8 Å². The van der Waals surface area contributed by atoms with Gasteiger partial charge in [0.05, 0.1) is 9.79 Å². The largest absolute Gasteiger partial charge is 0.243 e. The highest BCUT2D eigenvalue weighted by Gasteiger charge is 2.39. The number of rotatable bonds is 4. The zero-order chi connectivity index (χ0) is 21.6. The molecule has 158 valence electrons. The van der Waals surface area contributed by atoms with Crippen LogP contribution in [0.4, 0.5) is 0 Å². The fourth-order valence-corrected chi connectivity index (χ4v) is 7.55. The van der Waals surface area contributed by atoms with Crippen LogP contribution in [-0.4, -0.2) is 51.1 Å². The Balaban J connectivity index is 1.89. The molecule has 1 heterocycles. The summed E-state index contributed by atoms with van der Waals surface area (Å²) in [5.41, 5.74) is 1.18. The van der Waals surface area contributed by atoms with Crippen LogP contribution in [0, 0.1) is 13.8 Å². The number of piperazine rings is 1. The molecular weight excluding hydrogens is 455 g/mol. The lowest BCUT2D eigenvalue weighted by Gasteiger charge is -2.38. The van der Waals surface area contributed by atoms with Crippen LogP contribution in [0.15, 0.2) is 46.2 Å². The van der Waals surface area contributed by atoms with Crippen molar-refractivity contribution < 1.29 is 16.8 Å². The molecule has 0 radical (unpaired) electrons. The summed E-state index contributed by atoms with van der Waals surface area (Å²) in [6, 6.07) is 8.89. The van der Waals surface area contributed by atoms with Gasteiger partial charge in [-0.1, -0.05) is 35.3 Å². The lowest BCUT2D eigenvalue weighted by atomic mass is 10.2. The molecule has 1 aliphatic heterocycles. The van der Waals surface area contributed by atoms with Crippen LogP contribution in [0.3, 0.4) is 0 Å². The molecule has 0 unspecified atom stereocenters. The van der Waals surface area contributed by atoms with Crippen molar-refractivity contribution in [3.05, 3.63) is 57.6 Å². The first-order valence-corrected chi connectivity index (χ1v) is 12.6. The summed E-state index contributed by atoms with van der Waals surface area (Å²) >= 11 is 12.0. The Morgan fingerprint density at radius 1 is 0.828 bits per heavy atom. The molecule has 0 N–H and O–H groups in total. The predicted molar refractivity (Wildman–Crippen MR) is 114 cm³/mol. The lowest BCUT2D eigenvalue weighted by molar-refractivity contribution is 0.212. The molecule has 0 saturated carbocycles. The molecule has 0 spiro atoms. The fourth-order valence-electron chi connectivity index (χ4n) is 3.45. The molecule has 1 aliphatic rings. The molecule has 29 heavy (non-hydrogen) atoms. The highest BCUT2D eigenvalue weighted by atomic mass is 35.5. The number of nitrogens with zero attached hydrogens (tertiary/aromatic N) is 2. The first kappa shape index (κ1) is 22.5. The van der Waals surface area contributed by atoms with E-state index in [1.165, 1.54) is 20.7 Å². The summed E-state index contributed by atoms with van der Waals surface area (Å²) in [6.07, 6.45) is 0. The topological polar surface area (TPSA) is 74.8 Å². The predicted octanol–water partition coefficient (Wildman–Crippen LogP) is 3.69. The first-order valence-electron chi connectivity index (χ1n) is 8.99. The molecular formula is C19H22Cl2N2O4S2. The van der Waals surface area contributed by atoms with Gasteiger partial charge in [0.15, 0.2) is 0 Å². The van der Waals surface area contributed by atoms with Crippen molar-refractivity contribution in [2.24, 2.45) is 0 Å². The third-order valence-corrected chi connectivity index (χ3v) is 9.67. The second kappa shape index (κ2) is 8.17. The van der Waals surface area contributed by atoms with E-state index in [2.05, 4.69) is 0 Å². The summed E-state index contributed by atoms with van der Waals surface area (Å²) in [5, 5.41) is 0.666. The van der Waals surface area contributed by atoms with Gasteiger partial charge in [-0.3, -0.25) is 0 Å². The Labute approximate surface area is 182 Å². The van der Waals surface area contributed by atoms with Crippen molar-refractivity contribution >= 4 is 43.2 Å². The van der Waals surface area contributed by atoms with Gasteiger partial charge in [0, 0.05) is 35.7 Å². The second-order valence-corrected chi connectivity index (χ2v) is 11.8.